The van der Waals surface area contributed by atoms with Gasteiger partial charge in [-0.2, -0.15) is 0 Å². The summed E-state index contributed by atoms with van der Waals surface area (Å²) in [5.74, 6) is 0.441. The normalized spacial score (nSPS) is 11.5. The van der Waals surface area contributed by atoms with Crippen molar-refractivity contribution in [3.8, 4) is 0 Å². The number of unbranched alkanes of at least 4 members (excludes halogenated alkanes) is 26. The number of carbonyl (C=O) groups is 2. The van der Waals surface area contributed by atoms with E-state index in [1.807, 2.05) is 0 Å². The Labute approximate surface area is 277 Å². The van der Waals surface area contributed by atoms with Crippen molar-refractivity contribution in [3.63, 3.8) is 0 Å². The highest BCUT2D eigenvalue weighted by Crippen LogP contribution is 2.19. The highest BCUT2D eigenvalue weighted by molar-refractivity contribution is 5.78. The fourth-order valence-corrected chi connectivity index (χ4v) is 6.40. The molecule has 0 saturated carbocycles. The summed E-state index contributed by atoms with van der Waals surface area (Å²) in [4.78, 5) is 24.8. The third kappa shape index (κ3) is 34.0. The average Bonchev–Trinajstić information content (AvgIpc) is 3.02. The molecule has 0 aromatic heterocycles. The summed E-state index contributed by atoms with van der Waals surface area (Å²) in [6.07, 6.45) is 42.6. The van der Waals surface area contributed by atoms with Crippen LogP contribution in [0.15, 0.2) is 0 Å². The van der Waals surface area contributed by atoms with E-state index in [0.717, 1.165) is 57.8 Å². The number of esters is 1. The maximum atomic E-state index is 12.6. The summed E-state index contributed by atoms with van der Waals surface area (Å²) in [5, 5.41) is 0. The molecule has 0 aromatic rings. The van der Waals surface area contributed by atoms with Crippen molar-refractivity contribution in [2.45, 2.75) is 252 Å². The van der Waals surface area contributed by atoms with Crippen molar-refractivity contribution in [1.82, 2.24) is 0 Å². The second-order valence-corrected chi connectivity index (χ2v) is 14.0. The first kappa shape index (κ1) is 43.1. The lowest BCUT2D eigenvalue weighted by molar-refractivity contribution is -0.150. The maximum Gasteiger partial charge on any atom is 0.306 e. The summed E-state index contributed by atoms with van der Waals surface area (Å²) in [6.45, 7) is 6.81. The molecule has 44 heavy (non-hydrogen) atoms. The van der Waals surface area contributed by atoms with Crippen LogP contribution in [0.1, 0.15) is 245 Å². The van der Waals surface area contributed by atoms with Gasteiger partial charge in [0.05, 0.1) is 0 Å². The van der Waals surface area contributed by atoms with Crippen LogP contribution >= 0.6 is 0 Å². The molecule has 3 nitrogen and oxygen atoms in total. The van der Waals surface area contributed by atoms with E-state index in [-0.39, 0.29) is 12.1 Å². The maximum absolute atomic E-state index is 12.6. The Morgan fingerprint density at radius 1 is 0.364 bits per heavy atom. The molecule has 0 aromatic carbocycles. The number of Topliss-reactive ketones (excluding diaryl/α,β-unsaturated/α-hetero) is 1. The van der Waals surface area contributed by atoms with Gasteiger partial charge < -0.3 is 4.74 Å². The van der Waals surface area contributed by atoms with Gasteiger partial charge in [-0.05, 0) is 44.9 Å². The van der Waals surface area contributed by atoms with E-state index in [0.29, 0.717) is 12.2 Å². The monoisotopic (exact) mass is 621 g/mol. The zero-order chi connectivity index (χ0) is 32.2. The molecule has 0 saturated heterocycles. The first-order valence-electron chi connectivity index (χ1n) is 20.3. The van der Waals surface area contributed by atoms with Gasteiger partial charge in [-0.25, -0.2) is 0 Å². The quantitative estimate of drug-likeness (QED) is 0.0512. The molecule has 0 radical (unpaired) electrons. The van der Waals surface area contributed by atoms with Crippen LogP contribution < -0.4 is 0 Å². The molecular formula is C41H80O3. The number of ether oxygens (including phenoxy) is 1. The number of hydrogen-bond donors (Lipinski definition) is 0. The van der Waals surface area contributed by atoms with Crippen LogP contribution in [-0.4, -0.2) is 17.9 Å². The van der Waals surface area contributed by atoms with E-state index in [9.17, 15) is 9.59 Å². The summed E-state index contributed by atoms with van der Waals surface area (Å²) < 4.78 is 5.97. The predicted molar refractivity (Wildman–Crippen MR) is 194 cm³/mol. The van der Waals surface area contributed by atoms with Gasteiger partial charge in [0.2, 0.25) is 0 Å². The molecule has 0 aliphatic carbocycles. The van der Waals surface area contributed by atoms with Gasteiger partial charge in [0.15, 0.2) is 0 Å². The number of carbonyl (C=O) groups excluding carboxylic acids is 2. The summed E-state index contributed by atoms with van der Waals surface area (Å²) in [7, 11) is 0. The van der Waals surface area contributed by atoms with Crippen LogP contribution in [0.2, 0.25) is 0 Å². The summed E-state index contributed by atoms with van der Waals surface area (Å²) in [5.41, 5.74) is 0. The lowest BCUT2D eigenvalue weighted by Gasteiger charge is -2.18. The lowest BCUT2D eigenvalue weighted by atomic mass is 10.0. The van der Waals surface area contributed by atoms with Gasteiger partial charge in [0, 0.05) is 19.3 Å². The fourth-order valence-electron chi connectivity index (χ4n) is 6.40. The van der Waals surface area contributed by atoms with E-state index in [1.165, 1.54) is 161 Å². The van der Waals surface area contributed by atoms with Crippen LogP contribution in [0.3, 0.4) is 0 Å². The number of ketones is 1. The molecule has 0 bridgehead atoms. The summed E-state index contributed by atoms with van der Waals surface area (Å²) in [6, 6.07) is 0. The molecule has 0 N–H and O–H groups in total. The van der Waals surface area contributed by atoms with E-state index in [4.69, 9.17) is 4.74 Å². The minimum absolute atomic E-state index is 0.000784. The van der Waals surface area contributed by atoms with Crippen LogP contribution in [-0.2, 0) is 14.3 Å². The van der Waals surface area contributed by atoms with Crippen molar-refractivity contribution in [3.05, 3.63) is 0 Å². The molecule has 0 spiro atoms. The minimum atomic E-state index is 0.000784. The van der Waals surface area contributed by atoms with E-state index in [2.05, 4.69) is 20.8 Å². The first-order chi connectivity index (χ1) is 21.6. The smallest absolute Gasteiger partial charge is 0.306 e. The number of hydrogen-bond acceptors (Lipinski definition) is 3. The SMILES string of the molecule is CCCCCCCCCCCCCCCCC(=O)CCCCCCC(=O)OC(CCCCCCCC)CCCCCCCC. The van der Waals surface area contributed by atoms with Crippen molar-refractivity contribution >= 4 is 11.8 Å². The molecule has 0 amide bonds. The molecule has 0 aliphatic heterocycles. The third-order valence-corrected chi connectivity index (χ3v) is 9.45. The molecule has 262 valence electrons. The second kappa shape index (κ2) is 36.6. The van der Waals surface area contributed by atoms with E-state index in [1.54, 1.807) is 0 Å². The van der Waals surface area contributed by atoms with Crippen molar-refractivity contribution in [1.29, 1.82) is 0 Å². The van der Waals surface area contributed by atoms with Gasteiger partial charge in [-0.15, -0.1) is 0 Å². The molecule has 0 aliphatic rings. The Morgan fingerprint density at radius 2 is 0.636 bits per heavy atom. The zero-order valence-electron chi connectivity index (χ0n) is 30.6. The Balaban J connectivity index is 3.75. The molecule has 0 atom stereocenters. The minimum Gasteiger partial charge on any atom is -0.462 e. The molecule has 0 fully saturated rings. The van der Waals surface area contributed by atoms with Crippen LogP contribution in [0.4, 0.5) is 0 Å². The van der Waals surface area contributed by atoms with Gasteiger partial charge in [-0.1, -0.05) is 181 Å². The summed E-state index contributed by atoms with van der Waals surface area (Å²) >= 11 is 0. The van der Waals surface area contributed by atoms with Crippen LogP contribution in [0.5, 0.6) is 0 Å². The fraction of sp³-hybridized carbons (Fsp3) is 0.951. The van der Waals surface area contributed by atoms with Gasteiger partial charge in [0.1, 0.15) is 11.9 Å². The molecule has 3 heteroatoms. The Morgan fingerprint density at radius 3 is 0.977 bits per heavy atom. The van der Waals surface area contributed by atoms with Crippen molar-refractivity contribution < 1.29 is 14.3 Å². The van der Waals surface area contributed by atoms with Crippen LogP contribution in [0.25, 0.3) is 0 Å². The van der Waals surface area contributed by atoms with Crippen LogP contribution in [0, 0.1) is 0 Å². The Kier molecular flexibility index (Phi) is 35.9. The predicted octanol–water partition coefficient (Wildman–Crippen LogP) is 14.2. The van der Waals surface area contributed by atoms with Crippen molar-refractivity contribution in [2.75, 3.05) is 0 Å². The highest BCUT2D eigenvalue weighted by Gasteiger charge is 2.14. The average molecular weight is 621 g/mol. The standard InChI is InChI=1S/C41H80O3/c1-4-7-10-13-16-17-18-19-20-21-22-23-24-29-34-39(42)35-30-27-28-33-38-41(43)44-40(36-31-25-14-11-8-5-2)37-32-26-15-12-9-6-3/h40H,4-38H2,1-3H3. The second-order valence-electron chi connectivity index (χ2n) is 14.0. The molecule has 0 unspecified atom stereocenters. The number of rotatable bonds is 37. The zero-order valence-corrected chi connectivity index (χ0v) is 30.6. The third-order valence-electron chi connectivity index (χ3n) is 9.45. The van der Waals surface area contributed by atoms with E-state index >= 15 is 0 Å². The molecular weight excluding hydrogens is 540 g/mol. The Hall–Kier alpha value is -0.860. The molecule has 0 heterocycles. The first-order valence-corrected chi connectivity index (χ1v) is 20.3. The van der Waals surface area contributed by atoms with Gasteiger partial charge in [0.25, 0.3) is 0 Å². The highest BCUT2D eigenvalue weighted by atomic mass is 16.5. The van der Waals surface area contributed by atoms with E-state index < -0.39 is 0 Å². The topological polar surface area (TPSA) is 43.4 Å². The van der Waals surface area contributed by atoms with Gasteiger partial charge >= 0.3 is 5.97 Å². The van der Waals surface area contributed by atoms with Gasteiger partial charge in [-0.3, -0.25) is 9.59 Å². The lowest BCUT2D eigenvalue weighted by Crippen LogP contribution is -2.18. The largest absolute Gasteiger partial charge is 0.462 e. The van der Waals surface area contributed by atoms with Crippen molar-refractivity contribution in [2.24, 2.45) is 0 Å². The Bertz CT molecular complexity index is 570. The molecule has 0 rings (SSSR count).